The Morgan fingerprint density at radius 3 is 1.96 bits per heavy atom. The Morgan fingerprint density at radius 1 is 0.840 bits per heavy atom. The van der Waals surface area contributed by atoms with E-state index in [1.807, 2.05) is 0 Å². The Labute approximate surface area is 156 Å². The first-order chi connectivity index (χ1) is 11.5. The van der Waals surface area contributed by atoms with E-state index >= 15 is 0 Å². The predicted octanol–water partition coefficient (Wildman–Crippen LogP) is 3.65. The van der Waals surface area contributed by atoms with Crippen molar-refractivity contribution in [2.24, 2.45) is 11.8 Å². The second kappa shape index (κ2) is 8.24. The number of ether oxygens (including phenoxy) is 2. The van der Waals surface area contributed by atoms with Crippen molar-refractivity contribution in [2.75, 3.05) is 40.4 Å². The Morgan fingerprint density at radius 2 is 1.40 bits per heavy atom. The third-order valence-corrected chi connectivity index (χ3v) is 5.83. The van der Waals surface area contributed by atoms with Crippen LogP contribution in [-0.2, 0) is 9.47 Å². The van der Waals surface area contributed by atoms with Crippen molar-refractivity contribution >= 4 is 0 Å². The van der Waals surface area contributed by atoms with Gasteiger partial charge >= 0.3 is 0 Å². The molecule has 0 aromatic rings. The molecular formula is C21H42N2O2. The fourth-order valence-corrected chi connectivity index (χ4v) is 4.52. The third kappa shape index (κ3) is 6.82. The largest absolute Gasteiger partial charge is 0.374 e. The van der Waals surface area contributed by atoms with Crippen LogP contribution in [0.15, 0.2) is 0 Å². The molecule has 4 nitrogen and oxygen atoms in total. The minimum atomic E-state index is -0.0498. The number of likely N-dealkylation sites (N-methyl/N-ethyl adjacent to an activating group) is 2. The molecule has 4 atom stereocenters. The summed E-state index contributed by atoms with van der Waals surface area (Å²) < 4.78 is 12.4. The molecule has 0 aromatic heterocycles. The molecule has 0 radical (unpaired) electrons. The zero-order valence-corrected chi connectivity index (χ0v) is 18.0. The average Bonchev–Trinajstić information content (AvgIpc) is 2.95. The van der Waals surface area contributed by atoms with Gasteiger partial charge in [0.25, 0.3) is 0 Å². The molecule has 0 bridgehead atoms. The van der Waals surface area contributed by atoms with Crippen LogP contribution in [0.4, 0.5) is 0 Å². The van der Waals surface area contributed by atoms with Gasteiger partial charge in [0.15, 0.2) is 0 Å². The van der Waals surface area contributed by atoms with Crippen molar-refractivity contribution in [1.29, 1.82) is 0 Å². The van der Waals surface area contributed by atoms with Gasteiger partial charge in [-0.25, -0.2) is 0 Å². The van der Waals surface area contributed by atoms with Crippen LogP contribution in [-0.4, -0.2) is 73.5 Å². The van der Waals surface area contributed by atoms with E-state index in [0.717, 1.165) is 32.1 Å². The highest BCUT2D eigenvalue weighted by Gasteiger charge is 2.35. The number of hydrogen-bond acceptors (Lipinski definition) is 4. The van der Waals surface area contributed by atoms with Gasteiger partial charge in [0, 0.05) is 25.2 Å². The number of rotatable bonds is 7. The highest BCUT2D eigenvalue weighted by Crippen LogP contribution is 2.32. The van der Waals surface area contributed by atoms with Gasteiger partial charge < -0.3 is 19.3 Å². The first-order valence-electron chi connectivity index (χ1n) is 10.1. The lowest BCUT2D eigenvalue weighted by molar-refractivity contribution is -0.0515. The van der Waals surface area contributed by atoms with Crippen LogP contribution >= 0.6 is 0 Å². The number of nitrogens with zero attached hydrogens (tertiary/aromatic N) is 2. The highest BCUT2D eigenvalue weighted by molar-refractivity contribution is 4.88. The third-order valence-electron chi connectivity index (χ3n) is 5.83. The van der Waals surface area contributed by atoms with E-state index < -0.39 is 0 Å². The molecule has 2 fully saturated rings. The summed E-state index contributed by atoms with van der Waals surface area (Å²) in [7, 11) is 4.47. The van der Waals surface area contributed by atoms with Crippen molar-refractivity contribution in [3.05, 3.63) is 0 Å². The van der Waals surface area contributed by atoms with Gasteiger partial charge in [-0.15, -0.1) is 0 Å². The van der Waals surface area contributed by atoms with Crippen molar-refractivity contribution in [3.63, 3.8) is 0 Å². The van der Waals surface area contributed by atoms with E-state index in [2.05, 4.69) is 65.4 Å². The summed E-state index contributed by atoms with van der Waals surface area (Å²) in [6.45, 7) is 17.4. The van der Waals surface area contributed by atoms with Gasteiger partial charge in [0.1, 0.15) is 0 Å². The van der Waals surface area contributed by atoms with Crippen molar-refractivity contribution in [3.8, 4) is 0 Å². The standard InChI is InChI=1S/C21H42N2O2/c1-16-9-18(22(7)12-16)15-25-21(5,6)11-17-10-19(23(8)13-17)14-24-20(2,3)4/h16-19H,9-15H2,1-8H3/t16-,17?,18+,19+/m1/s1. The Hall–Kier alpha value is -0.160. The molecule has 1 unspecified atom stereocenters. The quantitative estimate of drug-likeness (QED) is 0.697. The topological polar surface area (TPSA) is 24.9 Å². The molecule has 25 heavy (non-hydrogen) atoms. The molecule has 4 heteroatoms. The SMILES string of the molecule is C[C@@H]1C[C@@H](COC(C)(C)CC2C[C@@H](COC(C)(C)C)N(C)C2)N(C)C1. The fraction of sp³-hybridized carbons (Fsp3) is 1.00. The number of hydrogen-bond donors (Lipinski definition) is 0. The van der Waals surface area contributed by atoms with Crippen LogP contribution in [0, 0.1) is 11.8 Å². The van der Waals surface area contributed by atoms with E-state index in [4.69, 9.17) is 9.47 Å². The monoisotopic (exact) mass is 354 g/mol. The molecule has 148 valence electrons. The van der Waals surface area contributed by atoms with E-state index in [9.17, 15) is 0 Å². The second-order valence-electron chi connectivity index (χ2n) is 10.3. The van der Waals surface area contributed by atoms with Crippen LogP contribution in [0.5, 0.6) is 0 Å². The highest BCUT2D eigenvalue weighted by atomic mass is 16.5. The molecule has 0 aromatic carbocycles. The Bertz CT molecular complexity index is 419. The number of likely N-dealkylation sites (tertiary alicyclic amines) is 2. The molecule has 0 spiro atoms. The summed E-state index contributed by atoms with van der Waals surface area (Å²) >= 11 is 0. The zero-order chi connectivity index (χ0) is 18.8. The summed E-state index contributed by atoms with van der Waals surface area (Å²) in [4.78, 5) is 4.93. The molecule has 0 saturated carbocycles. The minimum absolute atomic E-state index is 0.0437. The Kier molecular flexibility index (Phi) is 6.97. The van der Waals surface area contributed by atoms with Gasteiger partial charge in [0.2, 0.25) is 0 Å². The van der Waals surface area contributed by atoms with Crippen LogP contribution < -0.4 is 0 Å². The molecule has 2 aliphatic rings. The van der Waals surface area contributed by atoms with E-state index in [-0.39, 0.29) is 11.2 Å². The van der Waals surface area contributed by atoms with Crippen molar-refractivity contribution < 1.29 is 9.47 Å². The predicted molar refractivity (Wildman–Crippen MR) is 105 cm³/mol. The molecule has 2 heterocycles. The molecular weight excluding hydrogens is 312 g/mol. The van der Waals surface area contributed by atoms with Crippen molar-refractivity contribution in [1.82, 2.24) is 9.80 Å². The van der Waals surface area contributed by atoms with Gasteiger partial charge in [-0.1, -0.05) is 6.92 Å². The van der Waals surface area contributed by atoms with E-state index in [1.165, 1.54) is 19.4 Å². The second-order valence-corrected chi connectivity index (χ2v) is 10.3. The van der Waals surface area contributed by atoms with Crippen LogP contribution in [0.2, 0.25) is 0 Å². The van der Waals surface area contributed by atoms with Gasteiger partial charge in [-0.3, -0.25) is 0 Å². The summed E-state index contributed by atoms with van der Waals surface area (Å²) in [6.07, 6.45) is 3.63. The summed E-state index contributed by atoms with van der Waals surface area (Å²) in [5.74, 6) is 1.50. The van der Waals surface area contributed by atoms with Crippen LogP contribution in [0.1, 0.15) is 60.8 Å². The van der Waals surface area contributed by atoms with Crippen molar-refractivity contribution in [2.45, 2.75) is 84.1 Å². The first kappa shape index (κ1) is 21.1. The van der Waals surface area contributed by atoms with E-state index in [0.29, 0.717) is 18.0 Å². The van der Waals surface area contributed by atoms with Gasteiger partial charge in [-0.2, -0.15) is 0 Å². The van der Waals surface area contributed by atoms with E-state index in [1.54, 1.807) is 0 Å². The minimum Gasteiger partial charge on any atom is -0.374 e. The molecule has 0 N–H and O–H groups in total. The lowest BCUT2D eigenvalue weighted by Gasteiger charge is -2.31. The Balaban J connectivity index is 1.76. The smallest absolute Gasteiger partial charge is 0.0630 e. The molecule has 0 aliphatic carbocycles. The zero-order valence-electron chi connectivity index (χ0n) is 18.0. The summed E-state index contributed by atoms with van der Waals surface area (Å²) in [5, 5.41) is 0. The summed E-state index contributed by atoms with van der Waals surface area (Å²) in [6, 6.07) is 1.13. The maximum atomic E-state index is 6.39. The molecule has 2 rings (SSSR count). The lowest BCUT2D eigenvalue weighted by atomic mass is 9.91. The van der Waals surface area contributed by atoms with Gasteiger partial charge in [-0.05, 0) is 79.8 Å². The first-order valence-corrected chi connectivity index (χ1v) is 10.1. The normalized spacial score (nSPS) is 32.6. The molecule has 2 aliphatic heterocycles. The van der Waals surface area contributed by atoms with Crippen LogP contribution in [0.25, 0.3) is 0 Å². The lowest BCUT2D eigenvalue weighted by Crippen LogP contribution is -2.36. The maximum absolute atomic E-state index is 6.39. The summed E-state index contributed by atoms with van der Waals surface area (Å²) in [5.41, 5.74) is -0.0935. The molecule has 2 saturated heterocycles. The van der Waals surface area contributed by atoms with Crippen LogP contribution in [0.3, 0.4) is 0 Å². The van der Waals surface area contributed by atoms with Gasteiger partial charge in [0.05, 0.1) is 24.4 Å². The average molecular weight is 355 g/mol. The maximum Gasteiger partial charge on any atom is 0.0630 e. The molecule has 0 amide bonds. The fourth-order valence-electron chi connectivity index (χ4n) is 4.52.